The number of halogens is 3. The van der Waals surface area contributed by atoms with Crippen molar-refractivity contribution < 1.29 is 14.3 Å². The largest absolute Gasteiger partial charge is 0.465 e. The quantitative estimate of drug-likeness (QED) is 0.444. The summed E-state index contributed by atoms with van der Waals surface area (Å²) in [6.07, 6.45) is 2.17. The van der Waals surface area contributed by atoms with Gasteiger partial charge < -0.3 is 10.1 Å². The van der Waals surface area contributed by atoms with E-state index in [1.54, 1.807) is 12.1 Å². The number of fused-ring (bicyclic) bond motifs is 1. The molecule has 1 aliphatic heterocycles. The van der Waals surface area contributed by atoms with Crippen molar-refractivity contribution in [1.82, 2.24) is 0 Å². The van der Waals surface area contributed by atoms with Gasteiger partial charge in [0.15, 0.2) is 0 Å². The Morgan fingerprint density at radius 2 is 1.83 bits per heavy atom. The summed E-state index contributed by atoms with van der Waals surface area (Å²) in [5, 5.41) is 3.98. The third-order valence-electron chi connectivity index (χ3n) is 5.90. The number of ether oxygens (including phenoxy) is 1. The van der Waals surface area contributed by atoms with Crippen LogP contribution in [-0.2, 0) is 27.2 Å². The number of carbonyl (C=O) groups excluding carboxylic acids is 2. The number of rotatable bonds is 5. The number of esters is 1. The lowest BCUT2D eigenvalue weighted by Gasteiger charge is -2.24. The molecule has 1 aliphatic carbocycles. The van der Waals surface area contributed by atoms with Gasteiger partial charge in [-0.05, 0) is 54.7 Å². The maximum Gasteiger partial charge on any atom is 0.313 e. The molecular weight excluding hydrogens is 445 g/mol. The third-order valence-corrected chi connectivity index (χ3v) is 6.80. The molecular formula is C23H20Cl3NO3. The molecule has 156 valence electrons. The Hall–Kier alpha value is -2.01. The van der Waals surface area contributed by atoms with E-state index in [4.69, 9.17) is 39.5 Å². The lowest BCUT2D eigenvalue weighted by atomic mass is 9.75. The van der Waals surface area contributed by atoms with Gasteiger partial charge in [0.25, 0.3) is 0 Å². The van der Waals surface area contributed by atoms with Crippen molar-refractivity contribution in [2.45, 2.75) is 25.7 Å². The summed E-state index contributed by atoms with van der Waals surface area (Å²) in [7, 11) is 0. The molecule has 0 radical (unpaired) electrons. The van der Waals surface area contributed by atoms with Crippen LogP contribution in [0.1, 0.15) is 24.0 Å². The van der Waals surface area contributed by atoms with Crippen LogP contribution in [0.25, 0.3) is 0 Å². The van der Waals surface area contributed by atoms with Crippen molar-refractivity contribution in [2.75, 3.05) is 11.9 Å². The topological polar surface area (TPSA) is 55.4 Å². The van der Waals surface area contributed by atoms with Gasteiger partial charge in [0.05, 0.1) is 18.4 Å². The van der Waals surface area contributed by atoms with Crippen molar-refractivity contribution >= 4 is 52.4 Å². The van der Waals surface area contributed by atoms with Crippen LogP contribution in [0.5, 0.6) is 0 Å². The zero-order valence-electron chi connectivity index (χ0n) is 16.1. The van der Waals surface area contributed by atoms with Crippen molar-refractivity contribution in [3.63, 3.8) is 0 Å². The normalized spacial score (nSPS) is 22.7. The predicted octanol–water partition coefficient (Wildman–Crippen LogP) is 5.88. The van der Waals surface area contributed by atoms with Crippen LogP contribution in [0.4, 0.5) is 5.69 Å². The molecule has 2 unspecified atom stereocenters. The fraction of sp³-hybridized carbons (Fsp3) is 0.304. The van der Waals surface area contributed by atoms with Crippen LogP contribution in [0.2, 0.25) is 15.1 Å². The highest BCUT2D eigenvalue weighted by Gasteiger charge is 2.55. The molecule has 7 heteroatoms. The van der Waals surface area contributed by atoms with E-state index in [0.717, 1.165) is 17.6 Å². The number of nitrogens with one attached hydrogen (secondary N) is 1. The van der Waals surface area contributed by atoms with Crippen molar-refractivity contribution in [3.8, 4) is 0 Å². The Morgan fingerprint density at radius 1 is 1.17 bits per heavy atom. The molecule has 2 fully saturated rings. The second-order valence-electron chi connectivity index (χ2n) is 8.03. The maximum atomic E-state index is 12.4. The predicted molar refractivity (Wildman–Crippen MR) is 119 cm³/mol. The van der Waals surface area contributed by atoms with Gasteiger partial charge in [-0.2, -0.15) is 0 Å². The third kappa shape index (κ3) is 4.09. The second kappa shape index (κ2) is 8.26. The Labute approximate surface area is 190 Å². The smallest absolute Gasteiger partial charge is 0.313 e. The van der Waals surface area contributed by atoms with Crippen molar-refractivity contribution in [2.24, 2.45) is 11.3 Å². The molecule has 2 aliphatic rings. The summed E-state index contributed by atoms with van der Waals surface area (Å²) in [6, 6.07) is 10.6. The first-order valence-electron chi connectivity index (χ1n) is 9.63. The molecule has 0 bridgehead atoms. The summed E-state index contributed by atoms with van der Waals surface area (Å²) < 4.78 is 5.34. The van der Waals surface area contributed by atoms with Crippen LogP contribution >= 0.6 is 34.8 Å². The van der Waals surface area contributed by atoms with Gasteiger partial charge in [-0.3, -0.25) is 9.59 Å². The molecule has 0 spiro atoms. The molecule has 4 rings (SSSR count). The summed E-state index contributed by atoms with van der Waals surface area (Å²) in [6.45, 7) is 4.55. The molecule has 0 aromatic heterocycles. The number of hydrogen-bond acceptors (Lipinski definition) is 3. The summed E-state index contributed by atoms with van der Waals surface area (Å²) in [5.41, 5.74) is 2.83. The summed E-state index contributed by atoms with van der Waals surface area (Å²) in [4.78, 5) is 24.9. The van der Waals surface area contributed by atoms with Crippen molar-refractivity contribution in [3.05, 3.63) is 74.7 Å². The number of amides is 1. The number of carbonyl (C=O) groups is 2. The monoisotopic (exact) mass is 463 g/mol. The first-order chi connectivity index (χ1) is 14.3. The Morgan fingerprint density at radius 3 is 2.50 bits per heavy atom. The standard InChI is InChI=1S/C23H20Cl3NO3/c1-13-6-15-12-30-22(29)23(15,10-13)11-14-2-4-17(5-3-14)27-21(28)9-18-19(25)7-16(24)8-20(18)26/h2-5,7-8,15H,1,6,9-12H2,(H,27,28). The van der Waals surface area contributed by atoms with E-state index in [0.29, 0.717) is 45.8 Å². The fourth-order valence-electron chi connectivity index (χ4n) is 4.44. The maximum absolute atomic E-state index is 12.4. The average molecular weight is 465 g/mol. The van der Waals surface area contributed by atoms with Crippen molar-refractivity contribution in [1.29, 1.82) is 0 Å². The van der Waals surface area contributed by atoms with E-state index in [1.165, 1.54) is 0 Å². The van der Waals surface area contributed by atoms with Gasteiger partial charge in [-0.15, -0.1) is 0 Å². The number of anilines is 1. The fourth-order valence-corrected chi connectivity index (χ4v) is 5.39. The Bertz CT molecular complexity index is 1010. The zero-order valence-corrected chi connectivity index (χ0v) is 18.4. The molecule has 2 aromatic rings. The van der Waals surface area contributed by atoms with E-state index >= 15 is 0 Å². The Kier molecular flexibility index (Phi) is 5.84. The van der Waals surface area contributed by atoms with E-state index < -0.39 is 5.41 Å². The molecule has 1 saturated heterocycles. The molecule has 1 amide bonds. The van der Waals surface area contributed by atoms with Crippen LogP contribution < -0.4 is 5.32 Å². The molecule has 4 nitrogen and oxygen atoms in total. The second-order valence-corrected chi connectivity index (χ2v) is 9.28. The molecule has 1 heterocycles. The van der Waals surface area contributed by atoms with Crippen LogP contribution in [0.3, 0.4) is 0 Å². The lowest BCUT2D eigenvalue weighted by molar-refractivity contribution is -0.146. The highest BCUT2D eigenvalue weighted by atomic mass is 35.5. The molecule has 1 N–H and O–H groups in total. The number of hydrogen-bond donors (Lipinski definition) is 1. The molecule has 1 saturated carbocycles. The van der Waals surface area contributed by atoms with Gasteiger partial charge >= 0.3 is 5.97 Å². The first kappa shape index (κ1) is 21.2. The van der Waals surface area contributed by atoms with E-state index in [-0.39, 0.29) is 24.2 Å². The summed E-state index contributed by atoms with van der Waals surface area (Å²) >= 11 is 18.2. The van der Waals surface area contributed by atoms with Crippen LogP contribution in [0.15, 0.2) is 48.6 Å². The zero-order chi connectivity index (χ0) is 21.5. The average Bonchev–Trinajstić information content (AvgIpc) is 3.14. The highest BCUT2D eigenvalue weighted by molar-refractivity contribution is 6.39. The van der Waals surface area contributed by atoms with Crippen LogP contribution in [-0.4, -0.2) is 18.5 Å². The Balaban J connectivity index is 1.42. The highest BCUT2D eigenvalue weighted by Crippen LogP contribution is 2.52. The SMILES string of the molecule is C=C1CC2COC(=O)C2(Cc2ccc(NC(=O)Cc3c(Cl)cc(Cl)cc3Cl)cc2)C1. The molecule has 2 aromatic carbocycles. The number of benzene rings is 2. The minimum atomic E-state index is -0.496. The van der Waals surface area contributed by atoms with Gasteiger partial charge in [-0.1, -0.05) is 59.1 Å². The minimum Gasteiger partial charge on any atom is -0.465 e. The van der Waals surface area contributed by atoms with E-state index in [2.05, 4.69) is 11.9 Å². The van der Waals surface area contributed by atoms with E-state index in [1.807, 2.05) is 24.3 Å². The molecule has 30 heavy (non-hydrogen) atoms. The van der Waals surface area contributed by atoms with Gasteiger partial charge in [0, 0.05) is 26.7 Å². The lowest BCUT2D eigenvalue weighted by Crippen LogP contribution is -2.31. The summed E-state index contributed by atoms with van der Waals surface area (Å²) in [5.74, 6) is -0.162. The van der Waals surface area contributed by atoms with Gasteiger partial charge in [-0.25, -0.2) is 0 Å². The minimum absolute atomic E-state index is 0.0370. The number of cyclic esters (lactones) is 1. The van der Waals surface area contributed by atoms with Crippen LogP contribution in [0, 0.1) is 11.3 Å². The van der Waals surface area contributed by atoms with Gasteiger partial charge in [0.2, 0.25) is 5.91 Å². The van der Waals surface area contributed by atoms with Gasteiger partial charge in [0.1, 0.15) is 0 Å². The number of allylic oxidation sites excluding steroid dienone is 1. The molecule has 2 atom stereocenters. The first-order valence-corrected chi connectivity index (χ1v) is 10.8. The van der Waals surface area contributed by atoms with E-state index in [9.17, 15) is 9.59 Å².